The number of benzene rings is 2. The third-order valence-corrected chi connectivity index (χ3v) is 5.33. The van der Waals surface area contributed by atoms with Crippen molar-refractivity contribution in [2.45, 2.75) is 13.0 Å². The van der Waals surface area contributed by atoms with Crippen LogP contribution in [0.2, 0.25) is 0 Å². The normalized spacial score (nSPS) is 11.4. The van der Waals surface area contributed by atoms with Gasteiger partial charge in [-0.05, 0) is 48.9 Å². The molecule has 0 saturated heterocycles. The van der Waals surface area contributed by atoms with Gasteiger partial charge in [0, 0.05) is 30.7 Å². The molecule has 8 nitrogen and oxygen atoms in total. The Kier molecular flexibility index (Phi) is 6.98. The van der Waals surface area contributed by atoms with E-state index in [0.717, 1.165) is 28.3 Å². The molecule has 2 heterocycles. The lowest BCUT2D eigenvalue weighted by Crippen LogP contribution is -2.13. The Morgan fingerprint density at radius 2 is 1.88 bits per heavy atom. The first-order chi connectivity index (χ1) is 16.6. The molecule has 4 aromatic rings. The van der Waals surface area contributed by atoms with E-state index in [1.165, 1.54) is 6.20 Å². The van der Waals surface area contributed by atoms with Gasteiger partial charge in [-0.3, -0.25) is 14.8 Å². The minimum atomic E-state index is -0.204. The first-order valence-corrected chi connectivity index (χ1v) is 10.8. The van der Waals surface area contributed by atoms with Crippen molar-refractivity contribution in [1.29, 1.82) is 0 Å². The Bertz CT molecular complexity index is 1280. The van der Waals surface area contributed by atoms with Gasteiger partial charge in [-0.2, -0.15) is 0 Å². The molecule has 0 fully saturated rings. The molecule has 0 aliphatic rings. The summed E-state index contributed by atoms with van der Waals surface area (Å²) in [6.07, 6.45) is 6.58. The van der Waals surface area contributed by atoms with E-state index in [1.807, 2.05) is 56.4 Å². The second kappa shape index (κ2) is 10.4. The molecule has 1 amide bonds. The summed E-state index contributed by atoms with van der Waals surface area (Å²) in [4.78, 5) is 25.5. The molecule has 0 saturated carbocycles. The summed E-state index contributed by atoms with van der Waals surface area (Å²) in [5, 5.41) is 9.41. The van der Waals surface area contributed by atoms with Crippen LogP contribution in [0, 0.1) is 0 Å². The number of carbonyl (C=O) groups excluding carboxylic acids is 1. The van der Waals surface area contributed by atoms with E-state index in [4.69, 9.17) is 9.72 Å². The summed E-state index contributed by atoms with van der Waals surface area (Å²) in [5.41, 5.74) is 4.74. The van der Waals surface area contributed by atoms with Gasteiger partial charge in [0.25, 0.3) is 5.91 Å². The highest BCUT2D eigenvalue weighted by atomic mass is 16.5. The van der Waals surface area contributed by atoms with Gasteiger partial charge in [0.1, 0.15) is 11.6 Å². The Morgan fingerprint density at radius 1 is 1.00 bits per heavy atom. The Labute approximate surface area is 198 Å². The van der Waals surface area contributed by atoms with Crippen LogP contribution in [0.1, 0.15) is 28.9 Å². The number of pyridine rings is 1. The summed E-state index contributed by atoms with van der Waals surface area (Å²) in [6, 6.07) is 16.9. The molecule has 34 heavy (non-hydrogen) atoms. The maximum Gasteiger partial charge on any atom is 0.257 e. The summed E-state index contributed by atoms with van der Waals surface area (Å²) >= 11 is 0. The van der Waals surface area contributed by atoms with Crippen molar-refractivity contribution in [2.75, 3.05) is 30.1 Å². The molecule has 0 bridgehead atoms. The van der Waals surface area contributed by atoms with Gasteiger partial charge in [0.2, 0.25) is 0 Å². The lowest BCUT2D eigenvalue weighted by atomic mass is 10.1. The van der Waals surface area contributed by atoms with Crippen molar-refractivity contribution in [1.82, 2.24) is 15.0 Å². The maximum atomic E-state index is 12.4. The largest absolute Gasteiger partial charge is 0.495 e. The fourth-order valence-electron chi connectivity index (χ4n) is 3.52. The highest BCUT2D eigenvalue weighted by Crippen LogP contribution is 2.30. The second-order valence-electron chi connectivity index (χ2n) is 7.64. The number of nitrogens with one attached hydrogen (secondary N) is 3. The van der Waals surface area contributed by atoms with Gasteiger partial charge in [0.15, 0.2) is 0 Å². The Hall–Kier alpha value is -4.46. The number of amides is 1. The van der Waals surface area contributed by atoms with E-state index in [1.54, 1.807) is 37.8 Å². The molecule has 3 N–H and O–H groups in total. The van der Waals surface area contributed by atoms with E-state index in [2.05, 4.69) is 25.9 Å². The maximum absolute atomic E-state index is 12.4. The van der Waals surface area contributed by atoms with E-state index in [-0.39, 0.29) is 11.9 Å². The quantitative estimate of drug-likeness (QED) is 0.344. The Morgan fingerprint density at radius 3 is 2.65 bits per heavy atom. The van der Waals surface area contributed by atoms with Gasteiger partial charge < -0.3 is 20.7 Å². The average molecular weight is 455 g/mol. The molecule has 2 aromatic carbocycles. The number of nitrogens with zero attached hydrogens (tertiary/aromatic N) is 3. The summed E-state index contributed by atoms with van der Waals surface area (Å²) in [5.74, 6) is 1.18. The predicted octanol–water partition coefficient (Wildman–Crippen LogP) is 5.01. The third-order valence-electron chi connectivity index (χ3n) is 5.33. The molecule has 0 spiro atoms. The van der Waals surface area contributed by atoms with Crippen molar-refractivity contribution in [3.63, 3.8) is 0 Å². The van der Waals surface area contributed by atoms with Gasteiger partial charge >= 0.3 is 0 Å². The number of carbonyl (C=O) groups is 1. The van der Waals surface area contributed by atoms with E-state index >= 15 is 0 Å². The highest BCUT2D eigenvalue weighted by molar-refractivity contribution is 6.04. The minimum Gasteiger partial charge on any atom is -0.495 e. The van der Waals surface area contributed by atoms with Crippen LogP contribution in [0.15, 0.2) is 79.4 Å². The zero-order valence-electron chi connectivity index (χ0n) is 19.2. The van der Waals surface area contributed by atoms with Gasteiger partial charge in [-0.15, -0.1) is 0 Å². The fourth-order valence-corrected chi connectivity index (χ4v) is 3.52. The van der Waals surface area contributed by atoms with Gasteiger partial charge in [-0.1, -0.05) is 18.2 Å². The second-order valence-corrected chi connectivity index (χ2v) is 7.64. The minimum absolute atomic E-state index is 0.0685. The van der Waals surface area contributed by atoms with Crippen LogP contribution in [0.4, 0.5) is 17.2 Å². The standard InChI is InChI=1S/C26H26N6O2/c1-17(18-6-4-8-21(12-18)31-26(33)20-7-5-11-28-14-20)30-25-16-29-15-23(32-25)19-9-10-22(27-2)24(13-19)34-3/h4-17,27H,1-3H3,(H,30,32)(H,31,33)/t17-/m0/s1. The van der Waals surface area contributed by atoms with Gasteiger partial charge in [-0.25, -0.2) is 4.98 Å². The van der Waals surface area contributed by atoms with Crippen LogP contribution in [0.3, 0.4) is 0 Å². The molecule has 0 radical (unpaired) electrons. The smallest absolute Gasteiger partial charge is 0.257 e. The molecule has 4 rings (SSSR count). The van der Waals surface area contributed by atoms with Crippen molar-refractivity contribution >= 4 is 23.1 Å². The fraction of sp³-hybridized carbons (Fsp3) is 0.154. The molecule has 1 atom stereocenters. The molecule has 0 unspecified atom stereocenters. The molecular weight excluding hydrogens is 428 g/mol. The molecule has 2 aromatic heterocycles. The van der Waals surface area contributed by atoms with Crippen LogP contribution in [-0.4, -0.2) is 35.0 Å². The van der Waals surface area contributed by atoms with Crippen molar-refractivity contribution < 1.29 is 9.53 Å². The lowest BCUT2D eigenvalue weighted by Gasteiger charge is -2.17. The predicted molar refractivity (Wildman–Crippen MR) is 134 cm³/mol. The van der Waals surface area contributed by atoms with Crippen molar-refractivity contribution in [3.8, 4) is 17.0 Å². The van der Waals surface area contributed by atoms with Crippen LogP contribution < -0.4 is 20.7 Å². The van der Waals surface area contributed by atoms with E-state index in [9.17, 15) is 4.79 Å². The first kappa shape index (κ1) is 22.7. The molecule has 0 aliphatic heterocycles. The highest BCUT2D eigenvalue weighted by Gasteiger charge is 2.12. The molecule has 0 aliphatic carbocycles. The van der Waals surface area contributed by atoms with E-state index in [0.29, 0.717) is 17.1 Å². The summed E-state index contributed by atoms with van der Waals surface area (Å²) in [7, 11) is 3.49. The van der Waals surface area contributed by atoms with Crippen molar-refractivity contribution in [3.05, 3.63) is 90.5 Å². The number of methoxy groups -OCH3 is 1. The van der Waals surface area contributed by atoms with Crippen LogP contribution in [-0.2, 0) is 0 Å². The molecular formula is C26H26N6O2. The number of rotatable bonds is 8. The van der Waals surface area contributed by atoms with Crippen LogP contribution in [0.25, 0.3) is 11.3 Å². The third kappa shape index (κ3) is 5.29. The number of ether oxygens (including phenoxy) is 1. The monoisotopic (exact) mass is 454 g/mol. The summed E-state index contributed by atoms with van der Waals surface area (Å²) in [6.45, 7) is 2.03. The topological polar surface area (TPSA) is 101 Å². The Balaban J connectivity index is 1.49. The van der Waals surface area contributed by atoms with Gasteiger partial charge in [0.05, 0.1) is 42.5 Å². The number of anilines is 3. The zero-order valence-corrected chi connectivity index (χ0v) is 19.2. The van der Waals surface area contributed by atoms with Crippen LogP contribution >= 0.6 is 0 Å². The van der Waals surface area contributed by atoms with E-state index < -0.39 is 0 Å². The first-order valence-electron chi connectivity index (χ1n) is 10.8. The lowest BCUT2D eigenvalue weighted by molar-refractivity contribution is 0.102. The number of hydrogen-bond donors (Lipinski definition) is 3. The van der Waals surface area contributed by atoms with Crippen molar-refractivity contribution in [2.24, 2.45) is 0 Å². The summed E-state index contributed by atoms with van der Waals surface area (Å²) < 4.78 is 5.46. The number of aromatic nitrogens is 3. The molecule has 172 valence electrons. The van der Waals surface area contributed by atoms with Crippen LogP contribution in [0.5, 0.6) is 5.75 Å². The zero-order chi connectivity index (χ0) is 23.9. The molecule has 8 heteroatoms. The number of hydrogen-bond acceptors (Lipinski definition) is 7. The average Bonchev–Trinajstić information content (AvgIpc) is 2.89. The SMILES string of the molecule is CNc1ccc(-c2cncc(N[C@@H](C)c3cccc(NC(=O)c4cccnc4)c3)n2)cc1OC.